The summed E-state index contributed by atoms with van der Waals surface area (Å²) in [5.41, 5.74) is 6.07. The van der Waals surface area contributed by atoms with Crippen LogP contribution < -0.4 is 5.73 Å². The molecule has 0 radical (unpaired) electrons. The molecule has 128 valence electrons. The summed E-state index contributed by atoms with van der Waals surface area (Å²) in [6, 6.07) is 4.65. The van der Waals surface area contributed by atoms with E-state index in [4.69, 9.17) is 5.73 Å². The molecule has 1 aliphatic heterocycles. The Morgan fingerprint density at radius 2 is 2.12 bits per heavy atom. The first-order chi connectivity index (χ1) is 11.5. The third kappa shape index (κ3) is 3.15. The van der Waals surface area contributed by atoms with Crippen molar-refractivity contribution >= 4 is 5.91 Å². The molecule has 2 N–H and O–H groups in total. The standard InChI is InChI=1S/C16H19F2N5O/c1-21-6-7-22(12(9-19)10-21)16(24)14-4-5-23(20-14)15-3-2-11(17)8-13(15)18/h2-5,8,12H,6-7,9-10,19H2,1H3. The number of hydrogen-bond donors (Lipinski definition) is 1. The summed E-state index contributed by atoms with van der Waals surface area (Å²) < 4.78 is 28.1. The van der Waals surface area contributed by atoms with Gasteiger partial charge < -0.3 is 15.5 Å². The van der Waals surface area contributed by atoms with E-state index in [2.05, 4.69) is 10.00 Å². The second-order valence-corrected chi connectivity index (χ2v) is 5.89. The van der Waals surface area contributed by atoms with Gasteiger partial charge in [-0.15, -0.1) is 0 Å². The topological polar surface area (TPSA) is 67.4 Å². The zero-order valence-corrected chi connectivity index (χ0v) is 13.3. The van der Waals surface area contributed by atoms with Crippen LogP contribution in [-0.4, -0.2) is 64.8 Å². The fourth-order valence-electron chi connectivity index (χ4n) is 2.87. The molecule has 0 aliphatic carbocycles. The van der Waals surface area contributed by atoms with Crippen molar-refractivity contribution in [2.24, 2.45) is 5.73 Å². The zero-order chi connectivity index (χ0) is 17.3. The first kappa shape index (κ1) is 16.5. The van der Waals surface area contributed by atoms with Crippen LogP contribution in [0.1, 0.15) is 10.5 Å². The van der Waals surface area contributed by atoms with Gasteiger partial charge in [0.05, 0.1) is 6.04 Å². The van der Waals surface area contributed by atoms with Crippen LogP contribution in [0.3, 0.4) is 0 Å². The molecule has 0 saturated carbocycles. The van der Waals surface area contributed by atoms with Crippen molar-refractivity contribution < 1.29 is 13.6 Å². The van der Waals surface area contributed by atoms with E-state index < -0.39 is 11.6 Å². The first-order valence-corrected chi connectivity index (χ1v) is 7.70. The largest absolute Gasteiger partial charge is 0.330 e. The minimum atomic E-state index is -0.739. The molecule has 1 unspecified atom stereocenters. The Bertz CT molecular complexity index is 748. The summed E-state index contributed by atoms with van der Waals surface area (Å²) >= 11 is 0. The van der Waals surface area contributed by atoms with Gasteiger partial charge in [-0.1, -0.05) is 0 Å². The number of rotatable bonds is 3. The predicted octanol–water partition coefficient (Wildman–Crippen LogP) is 0.865. The molecule has 0 bridgehead atoms. The highest BCUT2D eigenvalue weighted by atomic mass is 19.1. The van der Waals surface area contributed by atoms with Gasteiger partial charge in [0.2, 0.25) is 0 Å². The molecule has 1 saturated heterocycles. The maximum atomic E-state index is 13.8. The molecular formula is C16H19F2N5O. The Morgan fingerprint density at radius 1 is 1.33 bits per heavy atom. The first-order valence-electron chi connectivity index (χ1n) is 7.70. The summed E-state index contributed by atoms with van der Waals surface area (Å²) in [5, 5.41) is 4.14. The number of piperazine rings is 1. The summed E-state index contributed by atoms with van der Waals surface area (Å²) in [5.74, 6) is -1.64. The highest BCUT2D eigenvalue weighted by Gasteiger charge is 2.30. The summed E-state index contributed by atoms with van der Waals surface area (Å²) in [6.45, 7) is 2.39. The number of nitrogens with zero attached hydrogens (tertiary/aromatic N) is 4. The third-order valence-corrected chi connectivity index (χ3v) is 4.18. The van der Waals surface area contributed by atoms with Gasteiger partial charge in [0.15, 0.2) is 11.5 Å². The van der Waals surface area contributed by atoms with Gasteiger partial charge in [0.1, 0.15) is 11.5 Å². The lowest BCUT2D eigenvalue weighted by Crippen LogP contribution is -2.56. The monoisotopic (exact) mass is 335 g/mol. The summed E-state index contributed by atoms with van der Waals surface area (Å²) in [4.78, 5) is 16.5. The molecule has 1 aromatic carbocycles. The SMILES string of the molecule is CN1CCN(C(=O)c2ccn(-c3ccc(F)cc3F)n2)C(CN)C1. The molecule has 1 atom stereocenters. The van der Waals surface area contributed by atoms with Gasteiger partial charge in [0, 0.05) is 38.4 Å². The van der Waals surface area contributed by atoms with E-state index in [1.807, 2.05) is 7.05 Å². The van der Waals surface area contributed by atoms with Crippen LogP contribution in [0, 0.1) is 11.6 Å². The van der Waals surface area contributed by atoms with Crippen molar-refractivity contribution in [3.63, 3.8) is 0 Å². The van der Waals surface area contributed by atoms with Crippen molar-refractivity contribution in [2.75, 3.05) is 33.2 Å². The second kappa shape index (κ2) is 6.66. The molecule has 1 aromatic heterocycles. The van der Waals surface area contributed by atoms with Gasteiger partial charge in [-0.2, -0.15) is 5.10 Å². The van der Waals surface area contributed by atoms with Crippen molar-refractivity contribution in [1.82, 2.24) is 19.6 Å². The zero-order valence-electron chi connectivity index (χ0n) is 13.3. The number of benzene rings is 1. The van der Waals surface area contributed by atoms with Crippen LogP contribution in [-0.2, 0) is 0 Å². The minimum absolute atomic E-state index is 0.0797. The van der Waals surface area contributed by atoms with E-state index >= 15 is 0 Å². The smallest absolute Gasteiger partial charge is 0.274 e. The van der Waals surface area contributed by atoms with Crippen LogP contribution >= 0.6 is 0 Å². The molecule has 1 aliphatic rings. The van der Waals surface area contributed by atoms with Gasteiger partial charge in [-0.3, -0.25) is 4.79 Å². The van der Waals surface area contributed by atoms with Gasteiger partial charge >= 0.3 is 0 Å². The fraction of sp³-hybridized carbons (Fsp3) is 0.375. The molecule has 24 heavy (non-hydrogen) atoms. The number of carbonyl (C=O) groups excluding carboxylic acids is 1. The lowest BCUT2D eigenvalue weighted by atomic mass is 10.1. The van der Waals surface area contributed by atoms with Gasteiger partial charge in [0.25, 0.3) is 5.91 Å². The number of aromatic nitrogens is 2. The third-order valence-electron chi connectivity index (χ3n) is 4.18. The van der Waals surface area contributed by atoms with Crippen molar-refractivity contribution in [3.8, 4) is 5.69 Å². The lowest BCUT2D eigenvalue weighted by Gasteiger charge is -2.39. The highest BCUT2D eigenvalue weighted by molar-refractivity contribution is 5.92. The molecule has 1 fully saturated rings. The Balaban J connectivity index is 1.83. The molecule has 8 heteroatoms. The molecule has 1 amide bonds. The van der Waals surface area contributed by atoms with E-state index in [0.717, 1.165) is 18.7 Å². The molecule has 6 nitrogen and oxygen atoms in total. The average molecular weight is 335 g/mol. The number of carbonyl (C=O) groups is 1. The van der Waals surface area contributed by atoms with Crippen LogP contribution in [0.25, 0.3) is 5.69 Å². The van der Waals surface area contributed by atoms with E-state index in [-0.39, 0.29) is 23.3 Å². The van der Waals surface area contributed by atoms with Crippen LogP contribution in [0.4, 0.5) is 8.78 Å². The molecule has 2 aromatic rings. The summed E-state index contributed by atoms with van der Waals surface area (Å²) in [6.07, 6.45) is 1.48. The van der Waals surface area contributed by atoms with Crippen molar-refractivity contribution in [1.29, 1.82) is 0 Å². The van der Waals surface area contributed by atoms with Gasteiger partial charge in [-0.05, 0) is 25.2 Å². The van der Waals surface area contributed by atoms with Crippen molar-refractivity contribution in [3.05, 3.63) is 47.8 Å². The lowest BCUT2D eigenvalue weighted by molar-refractivity contribution is 0.0509. The maximum absolute atomic E-state index is 13.8. The quantitative estimate of drug-likeness (QED) is 0.904. The second-order valence-electron chi connectivity index (χ2n) is 5.89. The number of hydrogen-bond acceptors (Lipinski definition) is 4. The van der Waals surface area contributed by atoms with Crippen molar-refractivity contribution in [2.45, 2.75) is 6.04 Å². The minimum Gasteiger partial charge on any atom is -0.330 e. The van der Waals surface area contributed by atoms with Crippen LogP contribution in [0.2, 0.25) is 0 Å². The molecule has 3 rings (SSSR count). The maximum Gasteiger partial charge on any atom is 0.274 e. The van der Waals surface area contributed by atoms with Gasteiger partial charge in [-0.25, -0.2) is 13.5 Å². The van der Waals surface area contributed by atoms with E-state index in [0.29, 0.717) is 19.6 Å². The van der Waals surface area contributed by atoms with E-state index in [1.165, 1.54) is 23.0 Å². The van der Waals surface area contributed by atoms with E-state index in [1.54, 1.807) is 4.90 Å². The Morgan fingerprint density at radius 3 is 2.83 bits per heavy atom. The Kier molecular flexibility index (Phi) is 4.59. The number of amides is 1. The summed E-state index contributed by atoms with van der Waals surface area (Å²) in [7, 11) is 1.98. The number of likely N-dealkylation sites (N-methyl/N-ethyl adjacent to an activating group) is 1. The Labute approximate surface area is 138 Å². The van der Waals surface area contributed by atoms with E-state index in [9.17, 15) is 13.6 Å². The predicted molar refractivity (Wildman–Crippen MR) is 84.9 cm³/mol. The highest BCUT2D eigenvalue weighted by Crippen LogP contribution is 2.16. The number of nitrogens with two attached hydrogens (primary N) is 1. The molecular weight excluding hydrogens is 316 g/mol. The molecule has 0 spiro atoms. The normalized spacial score (nSPS) is 18.8. The van der Waals surface area contributed by atoms with Crippen LogP contribution in [0.15, 0.2) is 30.5 Å². The number of halogens is 2. The molecule has 2 heterocycles. The van der Waals surface area contributed by atoms with Crippen LogP contribution in [0.5, 0.6) is 0 Å². The Hall–Kier alpha value is -2.32. The fourth-order valence-corrected chi connectivity index (χ4v) is 2.87. The average Bonchev–Trinajstić information content (AvgIpc) is 3.03.